The number of anilines is 1. The first kappa shape index (κ1) is 19.8. The highest BCUT2D eigenvalue weighted by Gasteiger charge is 2.23. The second kappa shape index (κ2) is 8.16. The van der Waals surface area contributed by atoms with Crippen LogP contribution in [0.1, 0.15) is 16.7 Å². The summed E-state index contributed by atoms with van der Waals surface area (Å²) < 4.78 is 21.2. The normalized spacial score (nSPS) is 15.6. The molecular weight excluding hydrogens is 447 g/mol. The molecule has 30 heavy (non-hydrogen) atoms. The van der Waals surface area contributed by atoms with Crippen molar-refractivity contribution in [1.82, 2.24) is 15.0 Å². The summed E-state index contributed by atoms with van der Waals surface area (Å²) in [5.74, 6) is -0.503. The Balaban J connectivity index is 1.61. The van der Waals surface area contributed by atoms with Gasteiger partial charge in [0.15, 0.2) is 0 Å². The zero-order chi connectivity index (χ0) is 20.7. The van der Waals surface area contributed by atoms with Crippen molar-refractivity contribution >= 4 is 49.5 Å². The smallest absolute Gasteiger partial charge is 0.134 e. The quantitative estimate of drug-likeness (QED) is 0.480. The number of hydrogen-bond acceptors (Lipinski definition) is 8. The van der Waals surface area contributed by atoms with E-state index < -0.39 is 11.9 Å². The number of hydrogen-bond donors (Lipinski definition) is 1. The minimum Gasteiger partial charge on any atom is -0.381 e. The Morgan fingerprint density at radius 2 is 2.00 bits per heavy atom. The number of aliphatic hydroxyl groups excluding tert-OH is 1. The summed E-state index contributed by atoms with van der Waals surface area (Å²) in [6, 6.07) is 4.77. The van der Waals surface area contributed by atoms with Gasteiger partial charge in [-0.1, -0.05) is 11.6 Å². The number of aromatic nitrogens is 3. The Morgan fingerprint density at radius 1 is 1.17 bits per heavy atom. The molecule has 0 spiro atoms. The molecule has 6 nitrogen and oxygen atoms in total. The predicted octanol–water partition coefficient (Wildman–Crippen LogP) is 4.53. The maximum absolute atomic E-state index is 14.9. The van der Waals surface area contributed by atoms with E-state index in [-0.39, 0.29) is 10.6 Å². The summed E-state index contributed by atoms with van der Waals surface area (Å²) in [6.07, 6.45) is 1.99. The van der Waals surface area contributed by atoms with Crippen molar-refractivity contribution in [2.24, 2.45) is 0 Å². The van der Waals surface area contributed by atoms with Gasteiger partial charge in [0, 0.05) is 40.8 Å². The van der Waals surface area contributed by atoms with Gasteiger partial charge in [0.1, 0.15) is 23.3 Å². The molecule has 10 heteroatoms. The molecule has 4 aromatic rings. The van der Waals surface area contributed by atoms with Crippen LogP contribution in [0.15, 0.2) is 36.1 Å². The average molecular weight is 463 g/mol. The van der Waals surface area contributed by atoms with Crippen molar-refractivity contribution in [2.45, 2.75) is 6.10 Å². The SMILES string of the molecule is OC(c1nccs1)c1cc(-c2ncnc3cc(N4CCOCC4)sc23)c(F)cc1Cl. The first-order chi connectivity index (χ1) is 14.6. The zero-order valence-corrected chi connectivity index (χ0v) is 18.0. The van der Waals surface area contributed by atoms with E-state index in [1.165, 1.54) is 35.1 Å². The molecule has 0 saturated carbocycles. The van der Waals surface area contributed by atoms with E-state index in [0.29, 0.717) is 29.5 Å². The van der Waals surface area contributed by atoms with Crippen LogP contribution >= 0.6 is 34.3 Å². The molecule has 1 aromatic carbocycles. The summed E-state index contributed by atoms with van der Waals surface area (Å²) in [6.45, 7) is 2.96. The molecule has 5 rings (SSSR count). The highest BCUT2D eigenvalue weighted by atomic mass is 35.5. The molecule has 4 heterocycles. The molecule has 1 N–H and O–H groups in total. The minimum absolute atomic E-state index is 0.143. The Bertz CT molecular complexity index is 1200. The van der Waals surface area contributed by atoms with Crippen LogP contribution in [0.3, 0.4) is 0 Å². The topological polar surface area (TPSA) is 71.4 Å². The van der Waals surface area contributed by atoms with Gasteiger partial charge in [0.2, 0.25) is 0 Å². The van der Waals surface area contributed by atoms with Crippen LogP contribution in [0.5, 0.6) is 0 Å². The molecule has 1 aliphatic heterocycles. The van der Waals surface area contributed by atoms with Gasteiger partial charge in [-0.15, -0.1) is 22.7 Å². The molecule has 0 bridgehead atoms. The minimum atomic E-state index is -1.04. The highest BCUT2D eigenvalue weighted by molar-refractivity contribution is 7.23. The number of thiophene rings is 1. The average Bonchev–Trinajstić information content (AvgIpc) is 3.44. The monoisotopic (exact) mass is 462 g/mol. The first-order valence-electron chi connectivity index (χ1n) is 9.26. The third-order valence-corrected chi connectivity index (χ3v) is 7.29. The molecule has 1 unspecified atom stereocenters. The summed E-state index contributed by atoms with van der Waals surface area (Å²) in [5, 5.41) is 14.2. The van der Waals surface area contributed by atoms with E-state index in [0.717, 1.165) is 28.3 Å². The van der Waals surface area contributed by atoms with E-state index in [1.54, 1.807) is 17.6 Å². The molecule has 0 radical (unpaired) electrons. The van der Waals surface area contributed by atoms with Crippen LogP contribution < -0.4 is 4.90 Å². The molecule has 0 aliphatic carbocycles. The van der Waals surface area contributed by atoms with Crippen LogP contribution in [-0.2, 0) is 4.74 Å². The standard InChI is InChI=1S/C20H16ClFN4O2S2/c21-13-8-14(22)12(7-11(13)18(27)20-23-1-6-29-20)17-19-15(24-10-25-17)9-16(30-19)26-2-4-28-5-3-26/h1,6-10,18,27H,2-5H2. The molecular formula is C20H16ClFN4O2S2. The number of halogens is 2. The van der Waals surface area contributed by atoms with Gasteiger partial charge in [0.25, 0.3) is 0 Å². The fraction of sp³-hybridized carbons (Fsp3) is 0.250. The number of aliphatic hydroxyl groups is 1. The Labute approximate surface area is 184 Å². The van der Waals surface area contributed by atoms with Gasteiger partial charge in [-0.3, -0.25) is 0 Å². The second-order valence-corrected chi connectivity index (χ2v) is 9.11. The van der Waals surface area contributed by atoms with Crippen LogP contribution in [0.2, 0.25) is 5.02 Å². The van der Waals surface area contributed by atoms with E-state index in [2.05, 4.69) is 19.9 Å². The zero-order valence-electron chi connectivity index (χ0n) is 15.6. The molecule has 1 fully saturated rings. The second-order valence-electron chi connectivity index (χ2n) is 6.75. The van der Waals surface area contributed by atoms with Gasteiger partial charge in [-0.2, -0.15) is 0 Å². The first-order valence-corrected chi connectivity index (χ1v) is 11.3. The maximum atomic E-state index is 14.9. The highest BCUT2D eigenvalue weighted by Crippen LogP contribution is 2.40. The van der Waals surface area contributed by atoms with Crippen molar-refractivity contribution in [3.63, 3.8) is 0 Å². The Kier molecular flexibility index (Phi) is 5.38. The molecule has 154 valence electrons. The van der Waals surface area contributed by atoms with Gasteiger partial charge in [-0.25, -0.2) is 19.3 Å². The summed E-state index contributed by atoms with van der Waals surface area (Å²) in [7, 11) is 0. The van der Waals surface area contributed by atoms with Gasteiger partial charge >= 0.3 is 0 Å². The third-order valence-electron chi connectivity index (χ3n) is 4.94. The number of ether oxygens (including phenoxy) is 1. The van der Waals surface area contributed by atoms with Gasteiger partial charge < -0.3 is 14.7 Å². The lowest BCUT2D eigenvalue weighted by Crippen LogP contribution is -2.35. The van der Waals surface area contributed by atoms with E-state index >= 15 is 0 Å². The number of morpholine rings is 1. The fourth-order valence-electron chi connectivity index (χ4n) is 3.43. The van der Waals surface area contributed by atoms with Gasteiger partial charge in [-0.05, 0) is 18.2 Å². The van der Waals surface area contributed by atoms with Crippen molar-refractivity contribution in [2.75, 3.05) is 31.2 Å². The predicted molar refractivity (Wildman–Crippen MR) is 117 cm³/mol. The largest absolute Gasteiger partial charge is 0.381 e. The Morgan fingerprint density at radius 3 is 2.77 bits per heavy atom. The lowest BCUT2D eigenvalue weighted by molar-refractivity contribution is 0.123. The molecule has 0 amide bonds. The van der Waals surface area contributed by atoms with Crippen molar-refractivity contribution in [3.05, 3.63) is 57.5 Å². The molecule has 1 atom stereocenters. The van der Waals surface area contributed by atoms with Crippen LogP contribution in [0.4, 0.5) is 9.39 Å². The Hall–Kier alpha value is -2.17. The van der Waals surface area contributed by atoms with Crippen molar-refractivity contribution in [1.29, 1.82) is 0 Å². The summed E-state index contributed by atoms with van der Waals surface area (Å²) >= 11 is 9.09. The van der Waals surface area contributed by atoms with Crippen molar-refractivity contribution in [3.8, 4) is 11.3 Å². The van der Waals surface area contributed by atoms with Crippen LogP contribution in [0.25, 0.3) is 21.5 Å². The molecule has 1 saturated heterocycles. The molecule has 3 aromatic heterocycles. The van der Waals surface area contributed by atoms with Crippen LogP contribution in [0, 0.1) is 5.82 Å². The summed E-state index contributed by atoms with van der Waals surface area (Å²) in [4.78, 5) is 15.1. The number of thiazole rings is 1. The fourth-order valence-corrected chi connectivity index (χ4v) is 5.49. The lowest BCUT2D eigenvalue weighted by atomic mass is 10.0. The van der Waals surface area contributed by atoms with Crippen molar-refractivity contribution < 1.29 is 14.2 Å². The van der Waals surface area contributed by atoms with E-state index in [1.807, 2.05) is 6.07 Å². The lowest BCUT2D eigenvalue weighted by Gasteiger charge is -2.27. The maximum Gasteiger partial charge on any atom is 0.134 e. The van der Waals surface area contributed by atoms with Crippen LogP contribution in [-0.4, -0.2) is 46.4 Å². The number of benzene rings is 1. The van der Waals surface area contributed by atoms with E-state index in [9.17, 15) is 9.50 Å². The van der Waals surface area contributed by atoms with E-state index in [4.69, 9.17) is 16.3 Å². The third kappa shape index (κ3) is 3.57. The number of rotatable bonds is 4. The summed E-state index contributed by atoms with van der Waals surface area (Å²) in [5.41, 5.74) is 1.89. The number of fused-ring (bicyclic) bond motifs is 1. The molecule has 1 aliphatic rings. The van der Waals surface area contributed by atoms with Gasteiger partial charge in [0.05, 0.1) is 34.1 Å². The number of nitrogens with zero attached hydrogens (tertiary/aromatic N) is 4.